The molecule has 6 nitrogen and oxygen atoms in total. The van der Waals surface area contributed by atoms with Gasteiger partial charge in [0.05, 0.1) is 20.8 Å². The molecule has 0 aliphatic rings. The van der Waals surface area contributed by atoms with E-state index in [1.165, 1.54) is 19.2 Å². The van der Waals surface area contributed by atoms with E-state index in [0.717, 1.165) is 19.4 Å². The highest BCUT2D eigenvalue weighted by Crippen LogP contribution is 2.25. The lowest BCUT2D eigenvalue weighted by molar-refractivity contribution is -0.138. The van der Waals surface area contributed by atoms with Crippen molar-refractivity contribution in [2.75, 3.05) is 26.7 Å². The summed E-state index contributed by atoms with van der Waals surface area (Å²) in [7, 11) is 2.43. The van der Waals surface area contributed by atoms with E-state index < -0.39 is 23.3 Å². The van der Waals surface area contributed by atoms with E-state index in [0.29, 0.717) is 12.3 Å². The number of hydrogen-bond donors (Lipinski definition) is 0. The number of hydrogen-bond acceptors (Lipinski definition) is 6. The van der Waals surface area contributed by atoms with E-state index in [-0.39, 0.29) is 18.1 Å². The Balaban J connectivity index is 3.07. The highest BCUT2D eigenvalue weighted by atomic mass is 35.5. The first-order valence-electron chi connectivity index (χ1n) is 6.55. The first-order valence-corrected chi connectivity index (χ1v) is 7.09. The second-order valence-electron chi connectivity index (χ2n) is 4.10. The number of carbonyl (C=O) groups is 2. The molecule has 0 saturated carbocycles. The lowest BCUT2D eigenvalue weighted by Gasteiger charge is -2.12. The lowest BCUT2D eigenvalue weighted by atomic mass is 10.2. The second-order valence-corrected chi connectivity index (χ2v) is 4.48. The van der Waals surface area contributed by atoms with Crippen molar-refractivity contribution in [1.82, 2.24) is 0 Å². The van der Waals surface area contributed by atoms with Crippen LogP contribution in [0.25, 0.3) is 0 Å². The number of methoxy groups -OCH3 is 2. The third-order valence-corrected chi connectivity index (χ3v) is 2.79. The summed E-state index contributed by atoms with van der Waals surface area (Å²) in [6.07, 6.45) is 1.40. The predicted octanol–water partition coefficient (Wildman–Crippen LogP) is 2.65. The molecule has 1 aromatic carbocycles. The number of rotatable bonds is 8. The Labute approximate surface area is 137 Å². The van der Waals surface area contributed by atoms with Crippen molar-refractivity contribution in [3.05, 3.63) is 41.6 Å². The molecule has 8 heteroatoms. The summed E-state index contributed by atoms with van der Waals surface area (Å²) < 4.78 is 33.3. The normalized spacial score (nSPS) is 10.9. The third kappa shape index (κ3) is 5.45. The van der Waals surface area contributed by atoms with Crippen molar-refractivity contribution in [1.29, 1.82) is 0 Å². The third-order valence-electron chi connectivity index (χ3n) is 2.52. The van der Waals surface area contributed by atoms with Crippen LogP contribution in [0, 0.1) is 5.82 Å². The van der Waals surface area contributed by atoms with Gasteiger partial charge in [0.1, 0.15) is 23.4 Å². The van der Waals surface area contributed by atoms with E-state index in [2.05, 4.69) is 4.74 Å². The van der Waals surface area contributed by atoms with Crippen molar-refractivity contribution in [2.24, 2.45) is 0 Å². The molecule has 23 heavy (non-hydrogen) atoms. The fourth-order valence-corrected chi connectivity index (χ4v) is 1.63. The Kier molecular flexibility index (Phi) is 7.90. The first-order chi connectivity index (χ1) is 11.0. The van der Waals surface area contributed by atoms with Crippen molar-refractivity contribution < 1.29 is 32.9 Å². The van der Waals surface area contributed by atoms with E-state index >= 15 is 0 Å². The molecule has 0 unspecified atom stereocenters. The zero-order valence-corrected chi connectivity index (χ0v) is 13.4. The minimum atomic E-state index is -0.926. The van der Waals surface area contributed by atoms with Gasteiger partial charge in [-0.15, -0.1) is 11.6 Å². The first kappa shape index (κ1) is 18.8. The number of alkyl halides is 1. The van der Waals surface area contributed by atoms with E-state index in [1.807, 2.05) is 0 Å². The standard InChI is InChI=1S/C15H16ClFO6/c1-20-9-12(14(18)21-2)23-11-6-3-5-10(17)13(11)15(19)22-8-4-7-16/h3,5-6,9H,4,7-8H2,1-2H3. The maximum absolute atomic E-state index is 14.0. The molecule has 126 valence electrons. The van der Waals surface area contributed by atoms with Gasteiger partial charge in [-0.3, -0.25) is 0 Å². The van der Waals surface area contributed by atoms with Crippen LogP contribution in [0.5, 0.6) is 5.75 Å². The van der Waals surface area contributed by atoms with Gasteiger partial charge in [-0.2, -0.15) is 0 Å². The summed E-state index contributed by atoms with van der Waals surface area (Å²) in [5.41, 5.74) is -0.437. The molecule has 0 fully saturated rings. The number of benzene rings is 1. The average Bonchev–Trinajstić information content (AvgIpc) is 2.54. The molecule has 0 aliphatic carbocycles. The molecule has 0 spiro atoms. The summed E-state index contributed by atoms with van der Waals surface area (Å²) in [5, 5.41) is 0. The number of halogens is 2. The topological polar surface area (TPSA) is 71.1 Å². The van der Waals surface area contributed by atoms with Crippen LogP contribution in [0.2, 0.25) is 0 Å². The van der Waals surface area contributed by atoms with Gasteiger partial charge in [0.2, 0.25) is 5.76 Å². The smallest absolute Gasteiger partial charge is 0.377 e. The molecule has 0 heterocycles. The summed E-state index contributed by atoms with van der Waals surface area (Å²) in [6, 6.07) is 3.71. The maximum Gasteiger partial charge on any atom is 0.377 e. The van der Waals surface area contributed by atoms with E-state index in [4.69, 9.17) is 25.8 Å². The van der Waals surface area contributed by atoms with Crippen molar-refractivity contribution in [3.63, 3.8) is 0 Å². The van der Waals surface area contributed by atoms with Gasteiger partial charge in [0.25, 0.3) is 0 Å². The van der Waals surface area contributed by atoms with Crippen LogP contribution in [0.1, 0.15) is 16.8 Å². The highest BCUT2D eigenvalue weighted by molar-refractivity contribution is 6.17. The fourth-order valence-electron chi connectivity index (χ4n) is 1.52. The lowest BCUT2D eigenvalue weighted by Crippen LogP contribution is -2.15. The molecule has 0 bridgehead atoms. The molecular formula is C15H16ClFO6. The summed E-state index contributed by atoms with van der Waals surface area (Å²) in [6.45, 7) is 0.0356. The van der Waals surface area contributed by atoms with Crippen LogP contribution >= 0.6 is 11.6 Å². The molecule has 0 aliphatic heterocycles. The Morgan fingerprint density at radius 1 is 1.30 bits per heavy atom. The van der Waals surface area contributed by atoms with Crippen LogP contribution in [0.4, 0.5) is 4.39 Å². The van der Waals surface area contributed by atoms with Crippen LogP contribution in [-0.4, -0.2) is 38.6 Å². The van der Waals surface area contributed by atoms with Gasteiger partial charge in [-0.05, 0) is 18.6 Å². The van der Waals surface area contributed by atoms with Gasteiger partial charge in [0, 0.05) is 5.88 Å². The Morgan fingerprint density at radius 3 is 2.65 bits per heavy atom. The van der Waals surface area contributed by atoms with E-state index in [1.54, 1.807) is 0 Å². The SMILES string of the molecule is COC=C(Oc1cccc(F)c1C(=O)OCCCCl)C(=O)OC. The molecule has 1 aromatic rings. The van der Waals surface area contributed by atoms with Crippen molar-refractivity contribution in [3.8, 4) is 5.75 Å². The van der Waals surface area contributed by atoms with Crippen LogP contribution in [-0.2, 0) is 19.0 Å². The summed E-state index contributed by atoms with van der Waals surface area (Å²) >= 11 is 5.49. The minimum Gasteiger partial charge on any atom is -0.500 e. The quantitative estimate of drug-likeness (QED) is 0.237. The summed E-state index contributed by atoms with van der Waals surface area (Å²) in [5.74, 6) is -2.87. The zero-order valence-electron chi connectivity index (χ0n) is 12.6. The van der Waals surface area contributed by atoms with Gasteiger partial charge in [-0.1, -0.05) is 6.07 Å². The Morgan fingerprint density at radius 2 is 2.04 bits per heavy atom. The molecule has 0 amide bonds. The van der Waals surface area contributed by atoms with Crippen molar-refractivity contribution in [2.45, 2.75) is 6.42 Å². The number of ether oxygens (including phenoxy) is 4. The largest absolute Gasteiger partial charge is 0.500 e. The van der Waals surface area contributed by atoms with Crippen LogP contribution in [0.3, 0.4) is 0 Å². The molecule has 0 radical (unpaired) electrons. The molecule has 0 aromatic heterocycles. The van der Waals surface area contributed by atoms with Gasteiger partial charge in [0.15, 0.2) is 0 Å². The van der Waals surface area contributed by atoms with Gasteiger partial charge >= 0.3 is 11.9 Å². The van der Waals surface area contributed by atoms with Crippen LogP contribution < -0.4 is 4.74 Å². The number of esters is 2. The van der Waals surface area contributed by atoms with Crippen molar-refractivity contribution >= 4 is 23.5 Å². The Hall–Kier alpha value is -2.28. The monoisotopic (exact) mass is 346 g/mol. The maximum atomic E-state index is 14.0. The average molecular weight is 347 g/mol. The molecule has 0 atom stereocenters. The highest BCUT2D eigenvalue weighted by Gasteiger charge is 2.23. The molecule has 0 N–H and O–H groups in total. The van der Waals surface area contributed by atoms with E-state index in [9.17, 15) is 14.0 Å². The predicted molar refractivity (Wildman–Crippen MR) is 79.8 cm³/mol. The van der Waals surface area contributed by atoms with Gasteiger partial charge in [-0.25, -0.2) is 14.0 Å². The number of carbonyl (C=O) groups excluding carboxylic acids is 2. The zero-order chi connectivity index (χ0) is 17.2. The molecule has 1 rings (SSSR count). The van der Waals surface area contributed by atoms with Crippen LogP contribution in [0.15, 0.2) is 30.2 Å². The molecule has 0 saturated heterocycles. The second kappa shape index (κ2) is 9.68. The Bertz CT molecular complexity index is 587. The molecular weight excluding hydrogens is 331 g/mol. The fraction of sp³-hybridized carbons (Fsp3) is 0.333. The van der Waals surface area contributed by atoms with Gasteiger partial charge < -0.3 is 18.9 Å². The summed E-state index contributed by atoms with van der Waals surface area (Å²) in [4.78, 5) is 23.6. The minimum absolute atomic E-state index is 0.0356.